The normalized spacial score (nSPS) is 15.0. The van der Waals surface area contributed by atoms with Crippen LogP contribution in [0.15, 0.2) is 16.6 Å². The Morgan fingerprint density at radius 1 is 1.32 bits per heavy atom. The molecule has 0 radical (unpaired) electrons. The second-order valence-electron chi connectivity index (χ2n) is 4.86. The van der Waals surface area contributed by atoms with Gasteiger partial charge >= 0.3 is 0 Å². The molecular formula is C14H18BrCl3N2O2. The van der Waals surface area contributed by atoms with Crippen molar-refractivity contribution in [1.29, 1.82) is 0 Å². The lowest BCUT2D eigenvalue weighted by molar-refractivity contribution is -0.125. The SMILES string of the molecule is Cl.O=C(NCCOc1c(Cl)cc(Br)cc1Cl)C1CCNCC1. The van der Waals surface area contributed by atoms with Crippen LogP contribution in [0.2, 0.25) is 10.0 Å². The minimum Gasteiger partial charge on any atom is -0.489 e. The fourth-order valence-corrected chi connectivity index (χ4v) is 3.54. The van der Waals surface area contributed by atoms with Crippen molar-refractivity contribution in [3.8, 4) is 5.75 Å². The number of amides is 1. The first-order chi connectivity index (χ1) is 10.1. The van der Waals surface area contributed by atoms with Gasteiger partial charge in [0.15, 0.2) is 5.75 Å². The molecule has 1 aromatic rings. The molecule has 22 heavy (non-hydrogen) atoms. The van der Waals surface area contributed by atoms with Crippen LogP contribution in [-0.2, 0) is 4.79 Å². The Morgan fingerprint density at radius 3 is 2.50 bits per heavy atom. The van der Waals surface area contributed by atoms with Crippen molar-refractivity contribution in [2.75, 3.05) is 26.2 Å². The van der Waals surface area contributed by atoms with Crippen LogP contribution in [0.3, 0.4) is 0 Å². The number of piperidine rings is 1. The predicted molar refractivity (Wildman–Crippen MR) is 95.5 cm³/mol. The summed E-state index contributed by atoms with van der Waals surface area (Å²) in [5, 5.41) is 7.01. The summed E-state index contributed by atoms with van der Waals surface area (Å²) in [7, 11) is 0. The number of hydrogen-bond donors (Lipinski definition) is 2. The number of carbonyl (C=O) groups excluding carboxylic acids is 1. The van der Waals surface area contributed by atoms with Crippen molar-refractivity contribution < 1.29 is 9.53 Å². The molecule has 1 aliphatic heterocycles. The summed E-state index contributed by atoms with van der Waals surface area (Å²) in [5.41, 5.74) is 0. The molecule has 1 fully saturated rings. The summed E-state index contributed by atoms with van der Waals surface area (Å²) >= 11 is 15.4. The topological polar surface area (TPSA) is 50.4 Å². The van der Waals surface area contributed by atoms with Crippen LogP contribution >= 0.6 is 51.5 Å². The maximum absolute atomic E-state index is 11.9. The number of halogens is 4. The van der Waals surface area contributed by atoms with Gasteiger partial charge in [-0.2, -0.15) is 0 Å². The minimum absolute atomic E-state index is 0. The Labute approximate surface area is 154 Å². The van der Waals surface area contributed by atoms with E-state index in [1.54, 1.807) is 12.1 Å². The molecule has 1 aliphatic rings. The maximum Gasteiger partial charge on any atom is 0.223 e. The highest BCUT2D eigenvalue weighted by Gasteiger charge is 2.20. The highest BCUT2D eigenvalue weighted by molar-refractivity contribution is 9.10. The summed E-state index contributed by atoms with van der Waals surface area (Å²) in [6, 6.07) is 3.44. The average molecular weight is 433 g/mol. The number of benzene rings is 1. The Hall–Kier alpha value is -0.200. The van der Waals surface area contributed by atoms with E-state index in [9.17, 15) is 4.79 Å². The van der Waals surface area contributed by atoms with Gasteiger partial charge in [-0.25, -0.2) is 0 Å². The summed E-state index contributed by atoms with van der Waals surface area (Å²) in [6.45, 7) is 2.57. The number of rotatable bonds is 5. The van der Waals surface area contributed by atoms with Gasteiger partial charge in [0.25, 0.3) is 0 Å². The smallest absolute Gasteiger partial charge is 0.223 e. The number of hydrogen-bond acceptors (Lipinski definition) is 3. The van der Waals surface area contributed by atoms with Crippen LogP contribution < -0.4 is 15.4 Å². The van der Waals surface area contributed by atoms with Gasteiger partial charge < -0.3 is 15.4 Å². The van der Waals surface area contributed by atoms with Crippen molar-refractivity contribution in [2.24, 2.45) is 5.92 Å². The molecule has 124 valence electrons. The van der Waals surface area contributed by atoms with Crippen molar-refractivity contribution >= 4 is 57.4 Å². The quantitative estimate of drug-likeness (QED) is 0.698. The average Bonchev–Trinajstić information content (AvgIpc) is 2.46. The van der Waals surface area contributed by atoms with E-state index in [0.29, 0.717) is 28.9 Å². The van der Waals surface area contributed by atoms with Gasteiger partial charge in [-0.3, -0.25) is 4.79 Å². The number of ether oxygens (including phenoxy) is 1. The lowest BCUT2D eigenvalue weighted by atomic mass is 9.97. The van der Waals surface area contributed by atoms with E-state index < -0.39 is 0 Å². The van der Waals surface area contributed by atoms with Gasteiger partial charge in [-0.15, -0.1) is 12.4 Å². The molecule has 2 N–H and O–H groups in total. The third kappa shape index (κ3) is 5.78. The lowest BCUT2D eigenvalue weighted by Gasteiger charge is -2.21. The fourth-order valence-electron chi connectivity index (χ4n) is 2.22. The van der Waals surface area contributed by atoms with Crippen molar-refractivity contribution in [2.45, 2.75) is 12.8 Å². The van der Waals surface area contributed by atoms with Crippen LogP contribution in [0.4, 0.5) is 0 Å². The molecule has 8 heteroatoms. The first-order valence-electron chi connectivity index (χ1n) is 6.83. The molecule has 4 nitrogen and oxygen atoms in total. The largest absolute Gasteiger partial charge is 0.489 e. The van der Waals surface area contributed by atoms with Crippen molar-refractivity contribution in [1.82, 2.24) is 10.6 Å². The van der Waals surface area contributed by atoms with Crippen LogP contribution in [-0.4, -0.2) is 32.1 Å². The zero-order valence-corrected chi connectivity index (χ0v) is 15.7. The van der Waals surface area contributed by atoms with Gasteiger partial charge in [0.2, 0.25) is 5.91 Å². The van der Waals surface area contributed by atoms with E-state index in [4.69, 9.17) is 27.9 Å². The van der Waals surface area contributed by atoms with Gasteiger partial charge in [0.1, 0.15) is 6.61 Å². The number of nitrogens with one attached hydrogen (secondary N) is 2. The second-order valence-corrected chi connectivity index (χ2v) is 6.59. The van der Waals surface area contributed by atoms with Crippen LogP contribution in [0.1, 0.15) is 12.8 Å². The van der Waals surface area contributed by atoms with Crippen molar-refractivity contribution in [3.63, 3.8) is 0 Å². The van der Waals surface area contributed by atoms with E-state index in [1.807, 2.05) is 0 Å². The third-order valence-electron chi connectivity index (χ3n) is 3.32. The first-order valence-corrected chi connectivity index (χ1v) is 8.38. The molecule has 1 amide bonds. The third-order valence-corrected chi connectivity index (χ3v) is 4.34. The van der Waals surface area contributed by atoms with Gasteiger partial charge in [0.05, 0.1) is 16.6 Å². The van der Waals surface area contributed by atoms with Crippen LogP contribution in [0.5, 0.6) is 5.75 Å². The minimum atomic E-state index is 0. The monoisotopic (exact) mass is 430 g/mol. The molecule has 0 spiro atoms. The zero-order valence-electron chi connectivity index (χ0n) is 11.8. The molecule has 0 aliphatic carbocycles. The van der Waals surface area contributed by atoms with E-state index in [1.165, 1.54) is 0 Å². The standard InChI is InChI=1S/C14H17BrCl2N2O2.ClH/c15-10-7-11(16)13(12(17)8-10)21-6-5-19-14(20)9-1-3-18-4-2-9;/h7-9,18H,1-6H2,(H,19,20);1H. The Balaban J connectivity index is 0.00000242. The fraction of sp³-hybridized carbons (Fsp3) is 0.500. The molecule has 0 bridgehead atoms. The van der Waals surface area contributed by atoms with Gasteiger partial charge in [-0.1, -0.05) is 39.1 Å². The Morgan fingerprint density at radius 2 is 1.91 bits per heavy atom. The van der Waals surface area contributed by atoms with Crippen LogP contribution in [0.25, 0.3) is 0 Å². The Kier molecular flexibility index (Phi) is 8.87. The molecule has 0 saturated carbocycles. The van der Waals surface area contributed by atoms with E-state index in [0.717, 1.165) is 30.4 Å². The molecule has 2 rings (SSSR count). The highest BCUT2D eigenvalue weighted by Crippen LogP contribution is 2.35. The lowest BCUT2D eigenvalue weighted by Crippen LogP contribution is -2.39. The maximum atomic E-state index is 11.9. The zero-order chi connectivity index (χ0) is 15.2. The van der Waals surface area contributed by atoms with E-state index in [2.05, 4.69) is 26.6 Å². The summed E-state index contributed by atoms with van der Waals surface area (Å²) < 4.78 is 6.34. The molecule has 0 atom stereocenters. The highest BCUT2D eigenvalue weighted by atomic mass is 79.9. The first kappa shape index (κ1) is 19.8. The van der Waals surface area contributed by atoms with Gasteiger partial charge in [0, 0.05) is 10.4 Å². The molecule has 0 aromatic heterocycles. The molecule has 0 unspecified atom stereocenters. The molecule has 1 heterocycles. The molecule has 1 aromatic carbocycles. The molecular weight excluding hydrogens is 414 g/mol. The number of carbonyl (C=O) groups is 1. The molecule has 1 saturated heterocycles. The summed E-state index contributed by atoms with van der Waals surface area (Å²) in [6.07, 6.45) is 1.77. The van der Waals surface area contributed by atoms with Crippen LogP contribution in [0, 0.1) is 5.92 Å². The predicted octanol–water partition coefficient (Wildman–Crippen LogP) is 3.67. The van der Waals surface area contributed by atoms with E-state index in [-0.39, 0.29) is 24.2 Å². The summed E-state index contributed by atoms with van der Waals surface area (Å²) in [5.74, 6) is 0.636. The van der Waals surface area contributed by atoms with Crippen molar-refractivity contribution in [3.05, 3.63) is 26.7 Å². The van der Waals surface area contributed by atoms with E-state index >= 15 is 0 Å². The second kappa shape index (κ2) is 9.83. The van der Waals surface area contributed by atoms with Gasteiger partial charge in [-0.05, 0) is 38.1 Å². The Bertz CT molecular complexity index is 488. The summed E-state index contributed by atoms with van der Waals surface area (Å²) in [4.78, 5) is 11.9.